The lowest BCUT2D eigenvalue weighted by atomic mass is 10.2. The predicted molar refractivity (Wildman–Crippen MR) is 101 cm³/mol. The average molecular weight is 275 g/mol. The van der Waals surface area contributed by atoms with Crippen LogP contribution in [0.2, 0.25) is 0 Å². The van der Waals surface area contributed by atoms with E-state index in [2.05, 4.69) is 47.1 Å². The second-order valence-corrected chi connectivity index (χ2v) is 2.41. The Labute approximate surface area is 128 Å². The summed E-state index contributed by atoms with van der Waals surface area (Å²) >= 11 is 0. The second kappa shape index (κ2) is 164. The number of hydrogen-bond donors (Lipinski definition) is 0. The van der Waals surface area contributed by atoms with Gasteiger partial charge in [0, 0.05) is 0 Å². The fraction of sp³-hybridized carbons (Fsp3) is 0.789. The zero-order chi connectivity index (χ0) is 17.7. The highest BCUT2D eigenvalue weighted by molar-refractivity contribution is 4.86. The Balaban J connectivity index is -0.0000000193. The molecule has 0 unspecified atom stereocenters. The van der Waals surface area contributed by atoms with Crippen molar-refractivity contribution < 1.29 is 0 Å². The van der Waals surface area contributed by atoms with Crippen molar-refractivity contribution in [2.45, 2.75) is 102 Å². The summed E-state index contributed by atoms with van der Waals surface area (Å²) in [6, 6.07) is 0. The maximum Gasteiger partial charge on any atom is -0.0328 e. The van der Waals surface area contributed by atoms with Crippen LogP contribution >= 0.6 is 0 Å². The fourth-order valence-electron chi connectivity index (χ4n) is 0.427. The molecule has 0 bridgehead atoms. The summed E-state index contributed by atoms with van der Waals surface area (Å²) in [4.78, 5) is 0. The highest BCUT2D eigenvalue weighted by Crippen LogP contribution is 1.96. The van der Waals surface area contributed by atoms with E-state index in [-0.39, 0.29) is 0 Å². The molecule has 0 aliphatic carbocycles. The van der Waals surface area contributed by atoms with E-state index in [4.69, 9.17) is 0 Å². The van der Waals surface area contributed by atoms with Crippen LogP contribution in [0.5, 0.6) is 0 Å². The van der Waals surface area contributed by atoms with E-state index in [1.165, 1.54) is 24.8 Å². The highest BCUT2D eigenvalue weighted by Gasteiger charge is 1.76. The zero-order valence-corrected chi connectivity index (χ0v) is 16.5. The third-order valence-electron chi connectivity index (χ3n) is 0.677. The van der Waals surface area contributed by atoms with Crippen LogP contribution in [-0.4, -0.2) is 0 Å². The summed E-state index contributed by atoms with van der Waals surface area (Å²) in [6.45, 7) is 28.2. The first-order chi connectivity index (χ1) is 9.18. The maximum atomic E-state index is 4.00. The van der Waals surface area contributed by atoms with E-state index in [0.29, 0.717) is 0 Å². The first kappa shape index (κ1) is 42.9. The van der Waals surface area contributed by atoms with Crippen LogP contribution in [0.15, 0.2) is 12.2 Å². The minimum absolute atomic E-state index is 1.18. The Bertz CT molecular complexity index is 77.3. The molecule has 122 valence electrons. The van der Waals surface area contributed by atoms with Gasteiger partial charge in [-0.05, 0) is 13.3 Å². The van der Waals surface area contributed by atoms with E-state index in [0.717, 1.165) is 0 Å². The molecule has 0 nitrogen and oxygen atoms in total. The Morgan fingerprint density at radius 3 is 0.895 bits per heavy atom. The smallest absolute Gasteiger partial charge is 0.0328 e. The van der Waals surface area contributed by atoms with Crippen LogP contribution in [0.1, 0.15) is 102 Å². The van der Waals surface area contributed by atoms with Gasteiger partial charge in [0.25, 0.3) is 0 Å². The van der Waals surface area contributed by atoms with Crippen molar-refractivity contribution in [2.24, 2.45) is 0 Å². The molecule has 0 atom stereocenters. The molecule has 19 heavy (non-hydrogen) atoms. The van der Waals surface area contributed by atoms with Gasteiger partial charge in [-0.1, -0.05) is 94.6 Å². The minimum Gasteiger partial charge on any atom is -0.124 e. The fourth-order valence-corrected chi connectivity index (χ4v) is 0.427. The summed E-state index contributed by atoms with van der Waals surface area (Å²) in [5.74, 6) is 0. The zero-order valence-electron chi connectivity index (χ0n) is 16.5. The Morgan fingerprint density at radius 2 is 0.895 bits per heavy atom. The van der Waals surface area contributed by atoms with Crippen molar-refractivity contribution in [3.63, 3.8) is 0 Å². The highest BCUT2D eigenvalue weighted by atomic mass is 13.8. The molecule has 0 aromatic carbocycles. The van der Waals surface area contributed by atoms with E-state index < -0.39 is 0 Å². The summed E-state index contributed by atoms with van der Waals surface area (Å²) in [5, 5.41) is 0. The van der Waals surface area contributed by atoms with Gasteiger partial charge in [0.2, 0.25) is 0 Å². The molecule has 0 spiro atoms. The van der Waals surface area contributed by atoms with Gasteiger partial charge < -0.3 is 0 Å². The molecule has 0 radical (unpaired) electrons. The summed E-state index contributed by atoms with van der Waals surface area (Å²) in [7, 11) is 0. The minimum atomic E-state index is 1.18. The van der Waals surface area contributed by atoms with Crippen LogP contribution in [0, 0.1) is 12.8 Å². The van der Waals surface area contributed by atoms with E-state index in [1.54, 1.807) is 0 Å². The normalized spacial score (nSPS) is 4.95. The molecule has 0 aliphatic heterocycles. The summed E-state index contributed by atoms with van der Waals surface area (Å²) < 4.78 is 0. The van der Waals surface area contributed by atoms with Crippen molar-refractivity contribution in [3.8, 4) is 12.8 Å². The number of hydrogen-bond acceptors (Lipinski definition) is 0. The lowest BCUT2D eigenvalue weighted by Gasteiger charge is -1.87. The first-order valence-electron chi connectivity index (χ1n) is 8.16. The van der Waals surface area contributed by atoms with Crippen LogP contribution in [0.3, 0.4) is 0 Å². The average Bonchev–Trinajstić information content (AvgIpc) is 2.50. The summed E-state index contributed by atoms with van der Waals surface area (Å²) in [5.41, 5.74) is 1.29. The van der Waals surface area contributed by atoms with Gasteiger partial charge in [0.15, 0.2) is 0 Å². The lowest BCUT2D eigenvalue weighted by Crippen LogP contribution is -1.66. The Morgan fingerprint density at radius 1 is 0.737 bits per heavy atom. The van der Waals surface area contributed by atoms with Gasteiger partial charge >= 0.3 is 0 Å². The van der Waals surface area contributed by atoms with Crippen LogP contribution in [-0.2, 0) is 0 Å². The molecule has 0 N–H and O–H groups in total. The third-order valence-corrected chi connectivity index (χ3v) is 0.677. The molecule has 0 aliphatic rings. The van der Waals surface area contributed by atoms with Gasteiger partial charge in [0.1, 0.15) is 0 Å². The Kier molecular flexibility index (Phi) is 369. The van der Waals surface area contributed by atoms with Gasteiger partial charge in [0.05, 0.1) is 0 Å². The maximum absolute atomic E-state index is 4.00. The number of allylic oxidation sites excluding steroid dienone is 1. The van der Waals surface area contributed by atoms with Crippen LogP contribution in [0.25, 0.3) is 0 Å². The third kappa shape index (κ3) is 766. The first-order valence-corrected chi connectivity index (χ1v) is 8.16. The standard InChI is InChI=1S/C6H12.C3H8.4C2H6.C2H2/c1-4-5-6(2)3;1-3-2;5*1-2/h2,4-5H2,1,3H3;3H2,1-2H3;4*1-2H3;1-2H. The monoisotopic (exact) mass is 274 g/mol. The molecular formula is C19H46. The van der Waals surface area contributed by atoms with Crippen molar-refractivity contribution in [3.05, 3.63) is 12.2 Å². The van der Waals surface area contributed by atoms with Crippen molar-refractivity contribution >= 4 is 0 Å². The lowest BCUT2D eigenvalue weighted by molar-refractivity contribution is 0.910. The largest absolute Gasteiger partial charge is 0.124 e. The molecule has 0 rings (SSSR count). The van der Waals surface area contributed by atoms with Gasteiger partial charge in [-0.25, -0.2) is 0 Å². The van der Waals surface area contributed by atoms with Gasteiger partial charge in [-0.3, -0.25) is 0 Å². The molecule has 0 aromatic heterocycles. The van der Waals surface area contributed by atoms with Gasteiger partial charge in [-0.15, -0.1) is 19.4 Å². The van der Waals surface area contributed by atoms with Crippen molar-refractivity contribution in [2.75, 3.05) is 0 Å². The molecule has 0 amide bonds. The van der Waals surface area contributed by atoms with E-state index in [1.807, 2.05) is 55.4 Å². The molecule has 0 heteroatoms. The molecule has 0 saturated carbocycles. The second-order valence-electron chi connectivity index (χ2n) is 2.41. The predicted octanol–water partition coefficient (Wildman–Crippen LogP) is 8.13. The summed E-state index contributed by atoms with van der Waals surface area (Å²) in [6.07, 6.45) is 11.7. The SMILES string of the molecule is C#C.C=C(C)CCC.CC.CC.CC.CC.CCC. The van der Waals surface area contributed by atoms with Crippen LogP contribution in [0.4, 0.5) is 0 Å². The van der Waals surface area contributed by atoms with Gasteiger partial charge in [-0.2, -0.15) is 0 Å². The molecule has 0 saturated heterocycles. The number of rotatable bonds is 2. The topological polar surface area (TPSA) is 0 Å². The van der Waals surface area contributed by atoms with Crippen LogP contribution < -0.4 is 0 Å². The molecule has 0 heterocycles. The van der Waals surface area contributed by atoms with E-state index >= 15 is 0 Å². The Hall–Kier alpha value is -0.700. The van der Waals surface area contributed by atoms with Crippen molar-refractivity contribution in [1.82, 2.24) is 0 Å². The quantitative estimate of drug-likeness (QED) is 0.352. The molecule has 0 aromatic rings. The van der Waals surface area contributed by atoms with Crippen molar-refractivity contribution in [1.29, 1.82) is 0 Å². The number of terminal acetylenes is 1. The molecular weight excluding hydrogens is 228 g/mol. The molecule has 0 fully saturated rings. The van der Waals surface area contributed by atoms with E-state index in [9.17, 15) is 0 Å².